The van der Waals surface area contributed by atoms with Crippen molar-refractivity contribution in [1.29, 1.82) is 0 Å². The van der Waals surface area contributed by atoms with Gasteiger partial charge in [0, 0.05) is 23.9 Å². The molecule has 4 nitrogen and oxygen atoms in total. The summed E-state index contributed by atoms with van der Waals surface area (Å²) in [6.07, 6.45) is 4.91. The predicted octanol–water partition coefficient (Wildman–Crippen LogP) is 2.34. The van der Waals surface area contributed by atoms with E-state index in [1.807, 2.05) is 0 Å². The van der Waals surface area contributed by atoms with Crippen LogP contribution in [0.3, 0.4) is 0 Å². The highest BCUT2D eigenvalue weighted by Crippen LogP contribution is 2.34. The minimum Gasteiger partial charge on any atom is -0.378 e. The van der Waals surface area contributed by atoms with E-state index in [-0.39, 0.29) is 0 Å². The van der Waals surface area contributed by atoms with E-state index in [1.54, 1.807) is 11.3 Å². The van der Waals surface area contributed by atoms with Gasteiger partial charge in [0.15, 0.2) is 0 Å². The van der Waals surface area contributed by atoms with Gasteiger partial charge in [0.05, 0.1) is 16.8 Å². The minimum atomic E-state index is 0.331. The van der Waals surface area contributed by atoms with Gasteiger partial charge in [-0.3, -0.25) is 11.3 Å². The Balaban J connectivity index is 1.78. The number of rotatable bonds is 7. The molecule has 0 amide bonds. The third-order valence-electron chi connectivity index (χ3n) is 3.94. The number of aryl methyl sites for hydroxylation is 2. The summed E-state index contributed by atoms with van der Waals surface area (Å²) in [5.41, 5.74) is 4.10. The molecule has 1 aromatic heterocycles. The Bertz CT molecular complexity index is 382. The number of nitrogens with zero attached hydrogens (tertiary/aromatic N) is 1. The lowest BCUT2D eigenvalue weighted by atomic mass is 9.78. The van der Waals surface area contributed by atoms with Gasteiger partial charge >= 0.3 is 0 Å². The average Bonchev–Trinajstić information content (AvgIpc) is 2.64. The van der Waals surface area contributed by atoms with Crippen LogP contribution in [0.4, 0.5) is 0 Å². The fraction of sp³-hybridized carbons (Fsp3) is 0.786. The number of thiazole rings is 1. The Hall–Kier alpha value is -0.490. The first-order chi connectivity index (χ1) is 9.12. The van der Waals surface area contributed by atoms with E-state index in [1.165, 1.54) is 22.7 Å². The van der Waals surface area contributed by atoms with Crippen molar-refractivity contribution in [3.8, 4) is 0 Å². The quantitative estimate of drug-likeness (QED) is 0.595. The van der Waals surface area contributed by atoms with E-state index >= 15 is 0 Å². The highest BCUT2D eigenvalue weighted by Gasteiger charge is 2.31. The Kier molecular flexibility index (Phi) is 5.33. The number of hydrogen-bond donors (Lipinski definition) is 2. The minimum absolute atomic E-state index is 0.331. The van der Waals surface area contributed by atoms with Crippen LogP contribution in [0.2, 0.25) is 0 Å². The first-order valence-electron chi connectivity index (χ1n) is 7.13. The monoisotopic (exact) mass is 283 g/mol. The molecule has 108 valence electrons. The molecular formula is C14H25N3OS. The van der Waals surface area contributed by atoms with Crippen molar-refractivity contribution in [3.05, 3.63) is 15.6 Å². The van der Waals surface area contributed by atoms with E-state index in [0.717, 1.165) is 31.1 Å². The van der Waals surface area contributed by atoms with Gasteiger partial charge in [-0.15, -0.1) is 11.3 Å². The molecular weight excluding hydrogens is 258 g/mol. The Morgan fingerprint density at radius 3 is 2.74 bits per heavy atom. The van der Waals surface area contributed by atoms with Gasteiger partial charge in [-0.25, -0.2) is 4.98 Å². The SMILES string of the molecule is CCOC1CC(CC(Cc2nc(C)c(C)s2)NN)C1. The highest BCUT2D eigenvalue weighted by molar-refractivity contribution is 7.11. The lowest BCUT2D eigenvalue weighted by Gasteiger charge is -2.36. The van der Waals surface area contributed by atoms with Gasteiger partial charge in [0.25, 0.3) is 0 Å². The molecule has 3 N–H and O–H groups in total. The standard InChI is InChI=1S/C14H25N3OS/c1-4-18-13-6-11(7-13)5-12(17-15)8-14-16-9(2)10(3)19-14/h11-13,17H,4-8,15H2,1-3H3. The molecule has 1 unspecified atom stereocenters. The van der Waals surface area contributed by atoms with Crippen molar-refractivity contribution in [2.24, 2.45) is 11.8 Å². The molecule has 0 aliphatic heterocycles. The molecule has 1 atom stereocenters. The molecule has 1 aromatic rings. The predicted molar refractivity (Wildman–Crippen MR) is 79.2 cm³/mol. The lowest BCUT2D eigenvalue weighted by Crippen LogP contribution is -2.42. The summed E-state index contributed by atoms with van der Waals surface area (Å²) in [6.45, 7) is 7.08. The number of ether oxygens (including phenoxy) is 1. The molecule has 0 radical (unpaired) electrons. The molecule has 1 aliphatic carbocycles. The van der Waals surface area contributed by atoms with Crippen molar-refractivity contribution in [1.82, 2.24) is 10.4 Å². The Morgan fingerprint density at radius 2 is 2.21 bits per heavy atom. The van der Waals surface area contributed by atoms with Crippen LogP contribution in [0, 0.1) is 19.8 Å². The molecule has 0 aromatic carbocycles. The zero-order valence-electron chi connectivity index (χ0n) is 12.1. The first kappa shape index (κ1) is 14.9. The molecule has 0 saturated heterocycles. The van der Waals surface area contributed by atoms with Gasteiger partial charge in [-0.05, 0) is 46.0 Å². The van der Waals surface area contributed by atoms with Gasteiger partial charge in [0.1, 0.15) is 0 Å². The van der Waals surface area contributed by atoms with Crippen LogP contribution in [0.1, 0.15) is 41.8 Å². The largest absolute Gasteiger partial charge is 0.378 e. The summed E-state index contributed by atoms with van der Waals surface area (Å²) in [4.78, 5) is 5.90. The van der Waals surface area contributed by atoms with Crippen LogP contribution in [0.5, 0.6) is 0 Å². The summed E-state index contributed by atoms with van der Waals surface area (Å²) in [6, 6.07) is 0.331. The van der Waals surface area contributed by atoms with E-state index in [4.69, 9.17) is 10.6 Å². The van der Waals surface area contributed by atoms with E-state index in [0.29, 0.717) is 12.1 Å². The molecule has 5 heteroatoms. The first-order valence-corrected chi connectivity index (χ1v) is 7.94. The van der Waals surface area contributed by atoms with Crippen LogP contribution >= 0.6 is 11.3 Å². The third-order valence-corrected chi connectivity index (χ3v) is 5.04. The molecule has 1 heterocycles. The summed E-state index contributed by atoms with van der Waals surface area (Å²) in [5, 5.41) is 1.19. The zero-order chi connectivity index (χ0) is 13.8. The van der Waals surface area contributed by atoms with Gasteiger partial charge < -0.3 is 4.74 Å². The maximum Gasteiger partial charge on any atom is 0.0946 e. The lowest BCUT2D eigenvalue weighted by molar-refractivity contribution is -0.0290. The number of hydrogen-bond acceptors (Lipinski definition) is 5. The van der Waals surface area contributed by atoms with Crippen molar-refractivity contribution in [2.45, 2.75) is 58.6 Å². The Morgan fingerprint density at radius 1 is 1.47 bits per heavy atom. The number of nitrogens with two attached hydrogens (primary N) is 1. The van der Waals surface area contributed by atoms with Gasteiger partial charge in [-0.2, -0.15) is 0 Å². The van der Waals surface area contributed by atoms with Crippen LogP contribution in [-0.4, -0.2) is 23.7 Å². The molecule has 2 rings (SSSR count). The summed E-state index contributed by atoms with van der Waals surface area (Å²) < 4.78 is 5.60. The van der Waals surface area contributed by atoms with Crippen LogP contribution < -0.4 is 11.3 Å². The number of aromatic nitrogens is 1. The van der Waals surface area contributed by atoms with E-state index < -0.39 is 0 Å². The molecule has 0 spiro atoms. The third kappa shape index (κ3) is 3.99. The average molecular weight is 283 g/mol. The maximum absolute atomic E-state index is 5.68. The van der Waals surface area contributed by atoms with Crippen molar-refractivity contribution in [2.75, 3.05) is 6.61 Å². The van der Waals surface area contributed by atoms with Gasteiger partial charge in [0.2, 0.25) is 0 Å². The van der Waals surface area contributed by atoms with E-state index in [9.17, 15) is 0 Å². The zero-order valence-corrected chi connectivity index (χ0v) is 12.9. The second-order valence-electron chi connectivity index (χ2n) is 5.47. The summed E-state index contributed by atoms with van der Waals surface area (Å²) >= 11 is 1.79. The summed E-state index contributed by atoms with van der Waals surface area (Å²) in [5.74, 6) is 6.43. The Labute approximate surface area is 119 Å². The molecule has 1 fully saturated rings. The van der Waals surface area contributed by atoms with Crippen LogP contribution in [-0.2, 0) is 11.2 Å². The fourth-order valence-corrected chi connectivity index (χ4v) is 3.70. The second kappa shape index (κ2) is 6.79. The van der Waals surface area contributed by atoms with Crippen molar-refractivity contribution >= 4 is 11.3 Å². The fourth-order valence-electron chi connectivity index (χ4n) is 2.69. The molecule has 0 bridgehead atoms. The van der Waals surface area contributed by atoms with Crippen LogP contribution in [0.25, 0.3) is 0 Å². The van der Waals surface area contributed by atoms with Gasteiger partial charge in [-0.1, -0.05) is 0 Å². The van der Waals surface area contributed by atoms with Crippen LogP contribution in [0.15, 0.2) is 0 Å². The molecule has 1 aliphatic rings. The van der Waals surface area contributed by atoms with E-state index in [2.05, 4.69) is 31.2 Å². The topological polar surface area (TPSA) is 60.2 Å². The number of hydrazine groups is 1. The summed E-state index contributed by atoms with van der Waals surface area (Å²) in [7, 11) is 0. The molecule has 1 saturated carbocycles. The van der Waals surface area contributed by atoms with Crippen molar-refractivity contribution < 1.29 is 4.74 Å². The maximum atomic E-state index is 5.68. The number of nitrogens with one attached hydrogen (secondary N) is 1. The van der Waals surface area contributed by atoms with Crippen molar-refractivity contribution in [3.63, 3.8) is 0 Å². The smallest absolute Gasteiger partial charge is 0.0946 e. The molecule has 19 heavy (non-hydrogen) atoms. The normalized spacial score (nSPS) is 24.2. The second-order valence-corrected chi connectivity index (χ2v) is 6.76. The highest BCUT2D eigenvalue weighted by atomic mass is 32.1.